The van der Waals surface area contributed by atoms with Gasteiger partial charge in [-0.3, -0.25) is 4.79 Å². The number of rotatable bonds is 8. The Bertz CT molecular complexity index is 237. The van der Waals surface area contributed by atoms with Crippen LogP contribution in [0.2, 0.25) is 0 Å². The molecule has 4 heteroatoms. The lowest BCUT2D eigenvalue weighted by atomic mass is 9.94. The molecule has 0 radical (unpaired) electrons. The molecule has 1 aliphatic rings. The van der Waals surface area contributed by atoms with E-state index in [1.807, 2.05) is 0 Å². The molecule has 0 aliphatic carbocycles. The van der Waals surface area contributed by atoms with Crippen LogP contribution in [0.25, 0.3) is 0 Å². The zero-order valence-corrected chi connectivity index (χ0v) is 11.5. The lowest BCUT2D eigenvalue weighted by Crippen LogP contribution is -2.46. The molecule has 0 atom stereocenters. The molecule has 1 amide bonds. The second kappa shape index (κ2) is 8.48. The van der Waals surface area contributed by atoms with Crippen LogP contribution in [0.4, 0.5) is 0 Å². The van der Waals surface area contributed by atoms with E-state index in [9.17, 15) is 9.90 Å². The third-order valence-electron chi connectivity index (χ3n) is 3.55. The van der Waals surface area contributed by atoms with Gasteiger partial charge in [0.25, 0.3) is 0 Å². The molecule has 0 unspecified atom stereocenters. The second-order valence-electron chi connectivity index (χ2n) is 5.28. The highest BCUT2D eigenvalue weighted by atomic mass is 16.5. The zero-order valence-electron chi connectivity index (χ0n) is 11.5. The summed E-state index contributed by atoms with van der Waals surface area (Å²) >= 11 is 0. The van der Waals surface area contributed by atoms with Crippen LogP contribution in [0, 0.1) is 0 Å². The summed E-state index contributed by atoms with van der Waals surface area (Å²) in [7, 11) is 0. The first kappa shape index (κ1) is 15.4. The minimum Gasteiger partial charge on any atom is -0.388 e. The number of hydrogen-bond donors (Lipinski definition) is 2. The highest BCUT2D eigenvalue weighted by molar-refractivity contribution is 5.75. The fraction of sp³-hybridized carbons (Fsp3) is 0.929. The SMILES string of the molecule is CCCCCCCC(=O)NCC1(O)CCOCC1. The van der Waals surface area contributed by atoms with Crippen LogP contribution >= 0.6 is 0 Å². The van der Waals surface area contributed by atoms with E-state index in [2.05, 4.69) is 12.2 Å². The Morgan fingerprint density at radius 3 is 2.56 bits per heavy atom. The van der Waals surface area contributed by atoms with Crippen LogP contribution in [-0.4, -0.2) is 36.4 Å². The van der Waals surface area contributed by atoms with Gasteiger partial charge in [0, 0.05) is 39.0 Å². The van der Waals surface area contributed by atoms with E-state index in [0.29, 0.717) is 39.0 Å². The highest BCUT2D eigenvalue weighted by Gasteiger charge is 2.29. The molecule has 1 aliphatic heterocycles. The molecule has 0 spiro atoms. The maximum atomic E-state index is 11.6. The van der Waals surface area contributed by atoms with Gasteiger partial charge in [-0.25, -0.2) is 0 Å². The zero-order chi connectivity index (χ0) is 13.3. The van der Waals surface area contributed by atoms with Gasteiger partial charge in [-0.05, 0) is 6.42 Å². The van der Waals surface area contributed by atoms with E-state index in [1.165, 1.54) is 19.3 Å². The average molecular weight is 257 g/mol. The van der Waals surface area contributed by atoms with Crippen molar-refractivity contribution < 1.29 is 14.6 Å². The van der Waals surface area contributed by atoms with Gasteiger partial charge in [0.15, 0.2) is 0 Å². The van der Waals surface area contributed by atoms with E-state index in [4.69, 9.17) is 4.74 Å². The van der Waals surface area contributed by atoms with Crippen molar-refractivity contribution >= 4 is 5.91 Å². The molecule has 0 aromatic rings. The van der Waals surface area contributed by atoms with Crippen molar-refractivity contribution in [1.82, 2.24) is 5.32 Å². The van der Waals surface area contributed by atoms with E-state index in [1.54, 1.807) is 0 Å². The quantitative estimate of drug-likeness (QED) is 0.654. The summed E-state index contributed by atoms with van der Waals surface area (Å²) in [5, 5.41) is 13.0. The van der Waals surface area contributed by atoms with Gasteiger partial charge in [-0.1, -0.05) is 32.6 Å². The first-order valence-corrected chi connectivity index (χ1v) is 7.23. The molecule has 0 bridgehead atoms. The molecule has 106 valence electrons. The Morgan fingerprint density at radius 1 is 1.22 bits per heavy atom. The maximum Gasteiger partial charge on any atom is 0.220 e. The largest absolute Gasteiger partial charge is 0.388 e. The van der Waals surface area contributed by atoms with Crippen molar-refractivity contribution in [2.24, 2.45) is 0 Å². The van der Waals surface area contributed by atoms with Gasteiger partial charge in [0.2, 0.25) is 5.91 Å². The fourth-order valence-corrected chi connectivity index (χ4v) is 2.17. The number of aliphatic hydroxyl groups is 1. The molecule has 1 heterocycles. The summed E-state index contributed by atoms with van der Waals surface area (Å²) in [6, 6.07) is 0. The number of unbranched alkanes of at least 4 members (excludes halogenated alkanes) is 4. The predicted octanol–water partition coefficient (Wildman–Crippen LogP) is 2.00. The molecule has 0 aromatic carbocycles. The van der Waals surface area contributed by atoms with E-state index in [-0.39, 0.29) is 5.91 Å². The van der Waals surface area contributed by atoms with Crippen molar-refractivity contribution in [3.63, 3.8) is 0 Å². The van der Waals surface area contributed by atoms with Crippen molar-refractivity contribution in [2.75, 3.05) is 19.8 Å². The highest BCUT2D eigenvalue weighted by Crippen LogP contribution is 2.19. The van der Waals surface area contributed by atoms with Crippen LogP contribution in [0.15, 0.2) is 0 Å². The smallest absolute Gasteiger partial charge is 0.220 e. The standard InChI is InChI=1S/C14H27NO3/c1-2-3-4-5-6-7-13(16)15-12-14(17)8-10-18-11-9-14/h17H,2-12H2,1H3,(H,15,16). The number of carbonyl (C=O) groups excluding carboxylic acids is 1. The number of ether oxygens (including phenoxy) is 1. The van der Waals surface area contributed by atoms with Gasteiger partial charge in [0.1, 0.15) is 0 Å². The van der Waals surface area contributed by atoms with E-state index >= 15 is 0 Å². The summed E-state index contributed by atoms with van der Waals surface area (Å²) in [5.41, 5.74) is -0.754. The third kappa shape index (κ3) is 6.36. The van der Waals surface area contributed by atoms with Crippen LogP contribution < -0.4 is 5.32 Å². The van der Waals surface area contributed by atoms with E-state index in [0.717, 1.165) is 12.8 Å². The topological polar surface area (TPSA) is 58.6 Å². The summed E-state index contributed by atoms with van der Waals surface area (Å²) in [5.74, 6) is 0.0615. The molecule has 0 saturated carbocycles. The summed E-state index contributed by atoms with van der Waals surface area (Å²) < 4.78 is 5.20. The Kier molecular flexibility index (Phi) is 7.28. The average Bonchev–Trinajstić information content (AvgIpc) is 2.37. The number of nitrogens with one attached hydrogen (secondary N) is 1. The number of carbonyl (C=O) groups is 1. The second-order valence-corrected chi connectivity index (χ2v) is 5.28. The lowest BCUT2D eigenvalue weighted by molar-refractivity contribution is -0.124. The van der Waals surface area contributed by atoms with Crippen molar-refractivity contribution in [1.29, 1.82) is 0 Å². The molecular formula is C14H27NO3. The normalized spacial score (nSPS) is 18.6. The first-order valence-electron chi connectivity index (χ1n) is 7.23. The Hall–Kier alpha value is -0.610. The first-order chi connectivity index (χ1) is 8.66. The summed E-state index contributed by atoms with van der Waals surface area (Å²) in [4.78, 5) is 11.6. The van der Waals surface area contributed by atoms with Crippen LogP contribution in [-0.2, 0) is 9.53 Å². The Morgan fingerprint density at radius 2 is 1.89 bits per heavy atom. The van der Waals surface area contributed by atoms with Gasteiger partial charge in [0.05, 0.1) is 5.60 Å². The van der Waals surface area contributed by atoms with E-state index < -0.39 is 5.60 Å². The molecule has 18 heavy (non-hydrogen) atoms. The van der Waals surface area contributed by atoms with Crippen molar-refractivity contribution in [2.45, 2.75) is 63.9 Å². The minimum atomic E-state index is -0.754. The minimum absolute atomic E-state index is 0.0615. The predicted molar refractivity (Wildman–Crippen MR) is 71.4 cm³/mol. The van der Waals surface area contributed by atoms with Gasteiger partial charge in [-0.2, -0.15) is 0 Å². The molecule has 0 aromatic heterocycles. The summed E-state index contributed by atoms with van der Waals surface area (Å²) in [6.07, 6.45) is 7.57. The van der Waals surface area contributed by atoms with Gasteiger partial charge >= 0.3 is 0 Å². The Labute approximate surface area is 110 Å². The monoisotopic (exact) mass is 257 g/mol. The Balaban J connectivity index is 2.05. The van der Waals surface area contributed by atoms with Gasteiger partial charge in [-0.15, -0.1) is 0 Å². The summed E-state index contributed by atoms with van der Waals surface area (Å²) in [6.45, 7) is 3.72. The van der Waals surface area contributed by atoms with Gasteiger partial charge < -0.3 is 15.2 Å². The number of amides is 1. The van der Waals surface area contributed by atoms with Crippen LogP contribution in [0.1, 0.15) is 58.3 Å². The molecule has 1 fully saturated rings. The molecule has 2 N–H and O–H groups in total. The number of hydrogen-bond acceptors (Lipinski definition) is 3. The fourth-order valence-electron chi connectivity index (χ4n) is 2.17. The maximum absolute atomic E-state index is 11.6. The third-order valence-corrected chi connectivity index (χ3v) is 3.55. The molecule has 1 rings (SSSR count). The lowest BCUT2D eigenvalue weighted by Gasteiger charge is -2.32. The van der Waals surface area contributed by atoms with Crippen LogP contribution in [0.5, 0.6) is 0 Å². The van der Waals surface area contributed by atoms with Crippen molar-refractivity contribution in [3.8, 4) is 0 Å². The molecule has 4 nitrogen and oxygen atoms in total. The van der Waals surface area contributed by atoms with Crippen LogP contribution in [0.3, 0.4) is 0 Å². The van der Waals surface area contributed by atoms with Crippen molar-refractivity contribution in [3.05, 3.63) is 0 Å². The molecular weight excluding hydrogens is 230 g/mol. The molecule has 1 saturated heterocycles.